The van der Waals surface area contributed by atoms with Gasteiger partial charge in [-0.15, -0.1) is 0 Å². The number of hydrogen-bond acceptors (Lipinski definition) is 2. The quantitative estimate of drug-likeness (QED) is 0.787. The predicted octanol–water partition coefficient (Wildman–Crippen LogP) is 3.68. The molecule has 2 rings (SSSR count). The van der Waals surface area contributed by atoms with Gasteiger partial charge in [0.25, 0.3) is 10.0 Å². The van der Waals surface area contributed by atoms with Gasteiger partial charge in [0, 0.05) is 15.3 Å². The van der Waals surface area contributed by atoms with Gasteiger partial charge in [0.15, 0.2) is 0 Å². The highest BCUT2D eigenvalue weighted by molar-refractivity contribution is 14.1. The Bertz CT molecular complexity index is 743. The summed E-state index contributed by atoms with van der Waals surface area (Å²) in [4.78, 5) is -0.453. The summed E-state index contributed by atoms with van der Waals surface area (Å²) in [5.41, 5.74) is 1.34. The van der Waals surface area contributed by atoms with Crippen LogP contribution >= 0.6 is 22.6 Å². The first-order valence-corrected chi connectivity index (χ1v) is 8.09. The van der Waals surface area contributed by atoms with E-state index >= 15 is 0 Å². The fraction of sp³-hybridized carbons (Fsp3) is 0.0769. The van der Waals surface area contributed by atoms with Crippen molar-refractivity contribution >= 4 is 38.3 Å². The van der Waals surface area contributed by atoms with Crippen molar-refractivity contribution in [2.45, 2.75) is 11.8 Å². The monoisotopic (exact) mass is 409 g/mol. The molecule has 0 unspecified atom stereocenters. The van der Waals surface area contributed by atoms with Crippen LogP contribution in [-0.4, -0.2) is 8.42 Å². The van der Waals surface area contributed by atoms with E-state index in [1.807, 2.05) is 6.92 Å². The molecule has 0 saturated carbocycles. The number of aryl methyl sites for hydroxylation is 1. The van der Waals surface area contributed by atoms with E-state index in [4.69, 9.17) is 0 Å². The lowest BCUT2D eigenvalue weighted by Gasteiger charge is -2.09. The number of anilines is 1. The maximum Gasteiger partial charge on any atom is 0.262 e. The van der Waals surface area contributed by atoms with Crippen LogP contribution in [0, 0.1) is 22.1 Å². The number of benzene rings is 2. The Balaban J connectivity index is 2.37. The first-order valence-electron chi connectivity index (χ1n) is 5.53. The Kier molecular flexibility index (Phi) is 4.28. The molecule has 0 radical (unpaired) electrons. The molecular weight excluding hydrogens is 399 g/mol. The molecule has 0 amide bonds. The van der Waals surface area contributed by atoms with Crippen LogP contribution in [-0.2, 0) is 10.0 Å². The van der Waals surface area contributed by atoms with Crippen molar-refractivity contribution in [1.29, 1.82) is 0 Å². The van der Waals surface area contributed by atoms with E-state index in [-0.39, 0.29) is 0 Å². The molecule has 0 atom stereocenters. The summed E-state index contributed by atoms with van der Waals surface area (Å²) in [6, 6.07) is 7.14. The molecule has 0 saturated heterocycles. The summed E-state index contributed by atoms with van der Waals surface area (Å²) in [5.74, 6) is -1.88. The van der Waals surface area contributed by atoms with Crippen molar-refractivity contribution in [3.05, 3.63) is 57.2 Å². The largest absolute Gasteiger partial charge is 0.280 e. The lowest BCUT2D eigenvalue weighted by Crippen LogP contribution is -2.13. The highest BCUT2D eigenvalue weighted by atomic mass is 127. The predicted molar refractivity (Wildman–Crippen MR) is 81.1 cm³/mol. The average molecular weight is 409 g/mol. The summed E-state index contributed by atoms with van der Waals surface area (Å²) in [7, 11) is -4.02. The molecule has 0 fully saturated rings. The SMILES string of the molecule is Cc1ccc(NS(=O)(=O)c2cc(F)cc(F)c2)cc1I. The van der Waals surface area contributed by atoms with Gasteiger partial charge in [0.2, 0.25) is 0 Å². The zero-order valence-electron chi connectivity index (χ0n) is 10.3. The minimum absolute atomic E-state index is 0.338. The summed E-state index contributed by atoms with van der Waals surface area (Å²) in [6.45, 7) is 1.89. The van der Waals surface area contributed by atoms with Crippen LogP contribution in [0.4, 0.5) is 14.5 Å². The molecule has 0 aliphatic rings. The van der Waals surface area contributed by atoms with E-state index in [0.717, 1.165) is 21.3 Å². The summed E-state index contributed by atoms with van der Waals surface area (Å²) >= 11 is 2.07. The van der Waals surface area contributed by atoms with Crippen LogP contribution in [0.2, 0.25) is 0 Å². The molecule has 2 aromatic carbocycles. The van der Waals surface area contributed by atoms with E-state index in [0.29, 0.717) is 11.8 Å². The number of nitrogens with one attached hydrogen (secondary N) is 1. The Hall–Kier alpha value is -1.22. The Morgan fingerprint density at radius 2 is 1.65 bits per heavy atom. The topological polar surface area (TPSA) is 46.2 Å². The molecule has 3 nitrogen and oxygen atoms in total. The zero-order valence-corrected chi connectivity index (χ0v) is 13.3. The van der Waals surface area contributed by atoms with Crippen molar-refractivity contribution in [3.8, 4) is 0 Å². The Morgan fingerprint density at radius 3 is 2.20 bits per heavy atom. The van der Waals surface area contributed by atoms with E-state index in [1.165, 1.54) is 0 Å². The number of halogens is 3. The fourth-order valence-electron chi connectivity index (χ4n) is 1.55. The maximum atomic E-state index is 13.1. The number of sulfonamides is 1. The van der Waals surface area contributed by atoms with Crippen molar-refractivity contribution in [2.24, 2.45) is 0 Å². The van der Waals surface area contributed by atoms with Crippen molar-refractivity contribution < 1.29 is 17.2 Å². The summed E-state index contributed by atoms with van der Waals surface area (Å²) in [6.07, 6.45) is 0. The van der Waals surface area contributed by atoms with E-state index < -0.39 is 26.6 Å². The second-order valence-electron chi connectivity index (χ2n) is 4.17. The summed E-state index contributed by atoms with van der Waals surface area (Å²) in [5, 5.41) is 0. The van der Waals surface area contributed by atoms with Crippen molar-refractivity contribution in [3.63, 3.8) is 0 Å². The van der Waals surface area contributed by atoms with Gasteiger partial charge in [-0.2, -0.15) is 0 Å². The second kappa shape index (κ2) is 5.65. The molecule has 0 aliphatic carbocycles. The van der Waals surface area contributed by atoms with E-state index in [2.05, 4.69) is 27.3 Å². The second-order valence-corrected chi connectivity index (χ2v) is 7.02. The fourth-order valence-corrected chi connectivity index (χ4v) is 3.16. The van der Waals surface area contributed by atoms with Crippen LogP contribution in [0.15, 0.2) is 41.3 Å². The third kappa shape index (κ3) is 3.45. The standard InChI is InChI=1S/C13H10F2INO2S/c1-8-2-3-11(7-13(8)16)17-20(18,19)12-5-9(14)4-10(15)6-12/h2-7,17H,1H3. The molecule has 0 spiro atoms. The smallest absolute Gasteiger partial charge is 0.262 e. The van der Waals surface area contributed by atoms with Crippen LogP contribution in [0.25, 0.3) is 0 Å². The van der Waals surface area contributed by atoms with Gasteiger partial charge in [0.05, 0.1) is 4.90 Å². The molecule has 0 aliphatic heterocycles. The van der Waals surface area contributed by atoms with Gasteiger partial charge in [-0.25, -0.2) is 17.2 Å². The van der Waals surface area contributed by atoms with Crippen LogP contribution in [0.3, 0.4) is 0 Å². The Labute approximate surface area is 129 Å². The van der Waals surface area contributed by atoms with Crippen LogP contribution in [0.1, 0.15) is 5.56 Å². The third-order valence-electron chi connectivity index (χ3n) is 2.57. The van der Waals surface area contributed by atoms with Crippen molar-refractivity contribution in [2.75, 3.05) is 4.72 Å². The zero-order chi connectivity index (χ0) is 14.9. The average Bonchev–Trinajstić information content (AvgIpc) is 2.32. The van der Waals surface area contributed by atoms with E-state index in [9.17, 15) is 17.2 Å². The van der Waals surface area contributed by atoms with Gasteiger partial charge >= 0.3 is 0 Å². The van der Waals surface area contributed by atoms with Gasteiger partial charge < -0.3 is 0 Å². The molecule has 7 heteroatoms. The van der Waals surface area contributed by atoms with Gasteiger partial charge in [-0.3, -0.25) is 4.72 Å². The lowest BCUT2D eigenvalue weighted by atomic mass is 10.2. The number of hydrogen-bond donors (Lipinski definition) is 1. The number of rotatable bonds is 3. The molecule has 106 valence electrons. The molecule has 20 heavy (non-hydrogen) atoms. The van der Waals surface area contributed by atoms with Gasteiger partial charge in [-0.1, -0.05) is 6.07 Å². The molecular formula is C13H10F2INO2S. The first-order chi connectivity index (χ1) is 9.28. The van der Waals surface area contributed by atoms with Gasteiger partial charge in [0.1, 0.15) is 11.6 Å². The minimum Gasteiger partial charge on any atom is -0.280 e. The molecule has 0 aromatic heterocycles. The van der Waals surface area contributed by atoms with Crippen LogP contribution < -0.4 is 4.72 Å². The normalized spacial score (nSPS) is 11.4. The summed E-state index contributed by atoms with van der Waals surface area (Å²) < 4.78 is 53.4. The van der Waals surface area contributed by atoms with E-state index in [1.54, 1.807) is 18.2 Å². The lowest BCUT2D eigenvalue weighted by molar-refractivity contribution is 0.568. The third-order valence-corrected chi connectivity index (χ3v) is 5.09. The minimum atomic E-state index is -4.02. The Morgan fingerprint density at radius 1 is 1.05 bits per heavy atom. The highest BCUT2D eigenvalue weighted by Crippen LogP contribution is 2.21. The first kappa shape index (κ1) is 15.2. The maximum absolute atomic E-state index is 13.1. The molecule has 0 heterocycles. The van der Waals surface area contributed by atoms with Gasteiger partial charge in [-0.05, 0) is 59.3 Å². The molecule has 0 bridgehead atoms. The highest BCUT2D eigenvalue weighted by Gasteiger charge is 2.17. The van der Waals surface area contributed by atoms with Crippen molar-refractivity contribution in [1.82, 2.24) is 0 Å². The van der Waals surface area contributed by atoms with Crippen LogP contribution in [0.5, 0.6) is 0 Å². The molecule has 2 aromatic rings. The molecule has 1 N–H and O–H groups in total.